The summed E-state index contributed by atoms with van der Waals surface area (Å²) in [6.07, 6.45) is -0.680. The average Bonchev–Trinajstić information content (AvgIpc) is 2.70. The minimum Gasteiger partial charge on any atom is -0.404 e. The number of nitrogens with one attached hydrogen (secondary N) is 1. The molecule has 32 heavy (non-hydrogen) atoms. The van der Waals surface area contributed by atoms with Crippen molar-refractivity contribution in [3.05, 3.63) is 36.0 Å². The van der Waals surface area contributed by atoms with E-state index in [1.165, 1.54) is 23.1 Å². The standard InChI is InChI=1S/C21H27F3N6O2/c1-13-12-26-20(28-18(13)29(2)3)27-14-8-10-15(11-9-14)30(19(25)31)16-6-4-5-7-17(16)32-21(22,23)24/h4-7,12,14-15H,8-11H2,1-3H3,(H2,25,31)(H,26,27,28). The van der Waals surface area contributed by atoms with Crippen LogP contribution in [-0.2, 0) is 0 Å². The monoisotopic (exact) mass is 452 g/mol. The maximum atomic E-state index is 12.8. The van der Waals surface area contributed by atoms with Gasteiger partial charge in [-0.25, -0.2) is 9.78 Å². The van der Waals surface area contributed by atoms with Crippen LogP contribution in [0.1, 0.15) is 31.2 Å². The van der Waals surface area contributed by atoms with Crippen molar-refractivity contribution in [1.29, 1.82) is 0 Å². The number of alkyl halides is 3. The van der Waals surface area contributed by atoms with Crippen LogP contribution in [-0.4, -0.2) is 48.5 Å². The number of hydrogen-bond acceptors (Lipinski definition) is 6. The largest absolute Gasteiger partial charge is 0.573 e. The zero-order chi connectivity index (χ0) is 23.5. The Kier molecular flexibility index (Phi) is 6.95. The molecular formula is C21H27F3N6O2. The van der Waals surface area contributed by atoms with E-state index < -0.39 is 18.1 Å². The van der Waals surface area contributed by atoms with Gasteiger partial charge in [0.2, 0.25) is 5.95 Å². The van der Waals surface area contributed by atoms with Gasteiger partial charge in [0, 0.05) is 37.9 Å². The predicted octanol–water partition coefficient (Wildman–Crippen LogP) is 4.06. The minimum absolute atomic E-state index is 0.00577. The van der Waals surface area contributed by atoms with Crippen LogP contribution >= 0.6 is 0 Å². The van der Waals surface area contributed by atoms with Gasteiger partial charge in [0.05, 0.1) is 5.69 Å². The number of carbonyl (C=O) groups excluding carboxylic acids is 1. The number of amides is 2. The van der Waals surface area contributed by atoms with Gasteiger partial charge in [-0.2, -0.15) is 4.98 Å². The molecule has 1 aromatic carbocycles. The Morgan fingerprint density at radius 2 is 1.84 bits per heavy atom. The van der Waals surface area contributed by atoms with Crippen molar-refractivity contribution in [3.8, 4) is 5.75 Å². The highest BCUT2D eigenvalue weighted by atomic mass is 19.4. The molecule has 174 valence electrons. The number of aromatic nitrogens is 2. The van der Waals surface area contributed by atoms with Crippen molar-refractivity contribution >= 4 is 23.5 Å². The number of ether oxygens (including phenoxy) is 1. The number of para-hydroxylation sites is 2. The number of aryl methyl sites for hydroxylation is 1. The van der Waals surface area contributed by atoms with E-state index in [1.807, 2.05) is 25.9 Å². The Labute approximate surface area is 184 Å². The van der Waals surface area contributed by atoms with Crippen LogP contribution < -0.4 is 25.6 Å². The zero-order valence-electron chi connectivity index (χ0n) is 18.2. The second-order valence-electron chi connectivity index (χ2n) is 7.97. The van der Waals surface area contributed by atoms with E-state index >= 15 is 0 Å². The summed E-state index contributed by atoms with van der Waals surface area (Å²) in [6.45, 7) is 1.93. The van der Waals surface area contributed by atoms with Gasteiger partial charge < -0.3 is 20.7 Å². The Bertz CT molecular complexity index is 945. The molecule has 0 aliphatic heterocycles. The van der Waals surface area contributed by atoms with Gasteiger partial charge in [0.25, 0.3) is 0 Å². The molecule has 0 unspecified atom stereocenters. The molecule has 0 spiro atoms. The van der Waals surface area contributed by atoms with Crippen LogP contribution in [0.4, 0.5) is 35.4 Å². The lowest BCUT2D eigenvalue weighted by Gasteiger charge is -2.36. The van der Waals surface area contributed by atoms with Crippen molar-refractivity contribution in [2.45, 2.75) is 51.1 Å². The second-order valence-corrected chi connectivity index (χ2v) is 7.97. The van der Waals surface area contributed by atoms with Gasteiger partial charge in [0.1, 0.15) is 5.82 Å². The number of carbonyl (C=O) groups is 1. The third kappa shape index (κ3) is 5.71. The lowest BCUT2D eigenvalue weighted by molar-refractivity contribution is -0.274. The molecule has 0 saturated heterocycles. The second kappa shape index (κ2) is 9.49. The van der Waals surface area contributed by atoms with Gasteiger partial charge in [-0.3, -0.25) is 4.90 Å². The summed E-state index contributed by atoms with van der Waals surface area (Å²) in [5.41, 5.74) is 6.52. The molecule has 1 aromatic heterocycles. The number of halogens is 3. The van der Waals surface area contributed by atoms with Crippen LogP contribution in [0.15, 0.2) is 30.5 Å². The molecule has 0 bridgehead atoms. The van der Waals surface area contributed by atoms with Gasteiger partial charge in [-0.1, -0.05) is 12.1 Å². The maximum Gasteiger partial charge on any atom is 0.573 e. The fourth-order valence-electron chi connectivity index (χ4n) is 3.98. The molecule has 3 rings (SSSR count). The first-order valence-electron chi connectivity index (χ1n) is 10.3. The Morgan fingerprint density at radius 1 is 1.19 bits per heavy atom. The summed E-state index contributed by atoms with van der Waals surface area (Å²) in [7, 11) is 3.81. The normalized spacial score (nSPS) is 18.7. The highest BCUT2D eigenvalue weighted by molar-refractivity contribution is 5.93. The first kappa shape index (κ1) is 23.4. The summed E-state index contributed by atoms with van der Waals surface area (Å²) >= 11 is 0. The highest BCUT2D eigenvalue weighted by Crippen LogP contribution is 2.36. The predicted molar refractivity (Wildman–Crippen MR) is 116 cm³/mol. The van der Waals surface area contributed by atoms with E-state index in [-0.39, 0.29) is 17.8 Å². The van der Waals surface area contributed by atoms with Crippen molar-refractivity contribution in [1.82, 2.24) is 9.97 Å². The van der Waals surface area contributed by atoms with Crippen molar-refractivity contribution < 1.29 is 22.7 Å². The molecule has 0 radical (unpaired) electrons. The number of nitrogens with two attached hydrogens (primary N) is 1. The Balaban J connectivity index is 1.71. The van der Waals surface area contributed by atoms with E-state index in [4.69, 9.17) is 5.73 Å². The lowest BCUT2D eigenvalue weighted by Crippen LogP contribution is -2.47. The van der Waals surface area contributed by atoms with Gasteiger partial charge in [0.15, 0.2) is 5.75 Å². The van der Waals surface area contributed by atoms with E-state index in [1.54, 1.807) is 12.3 Å². The topological polar surface area (TPSA) is 96.6 Å². The molecule has 2 aromatic rings. The number of rotatable bonds is 6. The van der Waals surface area contributed by atoms with Gasteiger partial charge in [-0.05, 0) is 44.7 Å². The van der Waals surface area contributed by atoms with Crippen LogP contribution in [0.2, 0.25) is 0 Å². The molecule has 3 N–H and O–H groups in total. The van der Waals surface area contributed by atoms with Gasteiger partial charge in [-0.15, -0.1) is 13.2 Å². The number of hydrogen-bond donors (Lipinski definition) is 2. The molecule has 1 fully saturated rings. The first-order valence-corrected chi connectivity index (χ1v) is 10.3. The third-order valence-electron chi connectivity index (χ3n) is 5.35. The van der Waals surface area contributed by atoms with Crippen LogP contribution in [0.3, 0.4) is 0 Å². The van der Waals surface area contributed by atoms with Crippen molar-refractivity contribution in [2.75, 3.05) is 29.2 Å². The van der Waals surface area contributed by atoms with Crippen LogP contribution in [0, 0.1) is 6.92 Å². The fraction of sp³-hybridized carbons (Fsp3) is 0.476. The first-order chi connectivity index (χ1) is 15.0. The molecular weight excluding hydrogens is 425 g/mol. The third-order valence-corrected chi connectivity index (χ3v) is 5.35. The van der Waals surface area contributed by atoms with E-state index in [0.717, 1.165) is 11.4 Å². The molecule has 11 heteroatoms. The van der Waals surface area contributed by atoms with Crippen LogP contribution in [0.5, 0.6) is 5.75 Å². The summed E-state index contributed by atoms with van der Waals surface area (Å²) in [6, 6.07) is 4.42. The van der Waals surface area contributed by atoms with Crippen LogP contribution in [0.25, 0.3) is 0 Å². The van der Waals surface area contributed by atoms with E-state index in [9.17, 15) is 18.0 Å². The number of anilines is 3. The summed E-state index contributed by atoms with van der Waals surface area (Å²) in [5, 5.41) is 3.32. The molecule has 1 saturated carbocycles. The highest BCUT2D eigenvalue weighted by Gasteiger charge is 2.35. The fourth-order valence-corrected chi connectivity index (χ4v) is 3.98. The summed E-state index contributed by atoms with van der Waals surface area (Å²) in [4.78, 5) is 24.2. The zero-order valence-corrected chi connectivity index (χ0v) is 18.2. The van der Waals surface area contributed by atoms with E-state index in [0.29, 0.717) is 31.6 Å². The molecule has 1 aliphatic rings. The lowest BCUT2D eigenvalue weighted by atomic mass is 9.90. The molecule has 8 nitrogen and oxygen atoms in total. The van der Waals surface area contributed by atoms with E-state index in [2.05, 4.69) is 20.0 Å². The smallest absolute Gasteiger partial charge is 0.404 e. The van der Waals surface area contributed by atoms with Crippen molar-refractivity contribution in [3.63, 3.8) is 0 Å². The van der Waals surface area contributed by atoms with Crippen molar-refractivity contribution in [2.24, 2.45) is 5.73 Å². The van der Waals surface area contributed by atoms with Gasteiger partial charge >= 0.3 is 12.4 Å². The molecule has 1 aliphatic carbocycles. The summed E-state index contributed by atoms with van der Waals surface area (Å²) in [5.74, 6) is 0.874. The number of urea groups is 1. The SMILES string of the molecule is Cc1cnc(NC2CCC(N(C(N)=O)c3ccccc3OC(F)(F)F)CC2)nc1N(C)C. The Hall–Kier alpha value is -3.24. The Morgan fingerprint density at radius 3 is 2.44 bits per heavy atom. The molecule has 2 amide bonds. The summed E-state index contributed by atoms with van der Waals surface area (Å²) < 4.78 is 42.5. The minimum atomic E-state index is -4.87. The maximum absolute atomic E-state index is 12.8. The molecule has 1 heterocycles. The number of primary amides is 1. The number of nitrogens with zero attached hydrogens (tertiary/aromatic N) is 4. The number of benzene rings is 1. The average molecular weight is 452 g/mol. The molecule has 0 atom stereocenters. The quantitative estimate of drug-likeness (QED) is 0.686.